The van der Waals surface area contributed by atoms with Crippen LogP contribution in [0.25, 0.3) is 16.3 Å². The molecule has 0 aliphatic heterocycles. The smallest absolute Gasteiger partial charge is 0.126 e. The highest BCUT2D eigenvalue weighted by Gasteiger charge is 2.10. The Kier molecular flexibility index (Phi) is 3.45. The summed E-state index contributed by atoms with van der Waals surface area (Å²) in [6.45, 7) is 4.72. The quantitative estimate of drug-likeness (QED) is 0.870. The van der Waals surface area contributed by atoms with Crippen LogP contribution in [-0.4, -0.2) is 13.7 Å². The fourth-order valence-electron chi connectivity index (χ4n) is 2.09. The minimum atomic E-state index is 0.602. The van der Waals surface area contributed by atoms with E-state index in [1.165, 1.54) is 10.8 Å². The van der Waals surface area contributed by atoms with E-state index < -0.39 is 0 Å². The maximum atomic E-state index is 5.60. The predicted molar refractivity (Wildman–Crippen MR) is 73.2 cm³/mol. The number of hydrogen-bond donors (Lipinski definition) is 1. The normalized spacial score (nSPS) is 10.5. The summed E-state index contributed by atoms with van der Waals surface area (Å²) in [6, 6.07) is 12.3. The van der Waals surface area contributed by atoms with Gasteiger partial charge in [-0.05, 0) is 35.4 Å². The highest BCUT2D eigenvalue weighted by molar-refractivity contribution is 5.96. The average Bonchev–Trinajstić information content (AvgIpc) is 2.37. The largest absolute Gasteiger partial charge is 0.496 e. The fraction of sp³-hybridized carbons (Fsp3) is 0.200. The van der Waals surface area contributed by atoms with Gasteiger partial charge in [0.25, 0.3) is 0 Å². The Hall–Kier alpha value is -1.80. The molecule has 0 heterocycles. The van der Waals surface area contributed by atoms with Gasteiger partial charge in [0.2, 0.25) is 0 Å². The summed E-state index contributed by atoms with van der Waals surface area (Å²) in [5.41, 5.74) is 7.71. The van der Waals surface area contributed by atoms with E-state index in [0.29, 0.717) is 6.54 Å². The molecule has 2 nitrogen and oxygen atoms in total. The molecule has 0 amide bonds. The second-order valence-electron chi connectivity index (χ2n) is 4.01. The number of rotatable bonds is 4. The highest BCUT2D eigenvalue weighted by Crippen LogP contribution is 2.33. The minimum Gasteiger partial charge on any atom is -0.496 e. The number of nitrogens with two attached hydrogens (primary N) is 1. The molecule has 0 atom stereocenters. The molecule has 2 N–H and O–H groups in total. The monoisotopic (exact) mass is 227 g/mol. The molecule has 0 fully saturated rings. The Bertz CT molecular complexity index is 546. The van der Waals surface area contributed by atoms with Gasteiger partial charge in [-0.15, -0.1) is 0 Å². The molecule has 0 aliphatic carbocycles. The SMILES string of the molecule is C=C(CCN)c1c(OC)ccc2ccccc12. The predicted octanol–water partition coefficient (Wildman–Crippen LogP) is 3.21. The molecule has 2 aromatic carbocycles. The molecule has 0 aliphatic rings. The lowest BCUT2D eigenvalue weighted by Crippen LogP contribution is -2.01. The van der Waals surface area contributed by atoms with Crippen LogP contribution in [0.15, 0.2) is 43.0 Å². The summed E-state index contributed by atoms with van der Waals surface area (Å²) < 4.78 is 5.42. The fourth-order valence-corrected chi connectivity index (χ4v) is 2.09. The van der Waals surface area contributed by atoms with E-state index in [2.05, 4.69) is 24.8 Å². The first kappa shape index (κ1) is 11.7. The van der Waals surface area contributed by atoms with Crippen molar-refractivity contribution in [2.75, 3.05) is 13.7 Å². The molecule has 0 aromatic heterocycles. The molecule has 2 heteroatoms. The molecule has 0 saturated carbocycles. The van der Waals surface area contributed by atoms with E-state index in [4.69, 9.17) is 10.5 Å². The molecule has 0 radical (unpaired) electrons. The summed E-state index contributed by atoms with van der Waals surface area (Å²) in [7, 11) is 1.68. The van der Waals surface area contributed by atoms with Gasteiger partial charge >= 0.3 is 0 Å². The van der Waals surface area contributed by atoms with Crippen molar-refractivity contribution >= 4 is 16.3 Å². The molecule has 88 valence electrons. The summed E-state index contributed by atoms with van der Waals surface area (Å²) in [5.74, 6) is 0.863. The van der Waals surface area contributed by atoms with Gasteiger partial charge < -0.3 is 10.5 Å². The van der Waals surface area contributed by atoms with E-state index in [0.717, 1.165) is 23.3 Å². The van der Waals surface area contributed by atoms with Gasteiger partial charge in [0.05, 0.1) is 7.11 Å². The first-order valence-corrected chi connectivity index (χ1v) is 5.72. The molecule has 2 aromatic rings. The van der Waals surface area contributed by atoms with Crippen LogP contribution in [0.1, 0.15) is 12.0 Å². The van der Waals surface area contributed by atoms with Crippen molar-refractivity contribution in [2.24, 2.45) is 5.73 Å². The Labute approximate surface area is 102 Å². The Balaban J connectivity index is 2.67. The van der Waals surface area contributed by atoms with Gasteiger partial charge in [0, 0.05) is 5.56 Å². The van der Waals surface area contributed by atoms with Crippen LogP contribution in [0, 0.1) is 0 Å². The lowest BCUT2D eigenvalue weighted by molar-refractivity contribution is 0.414. The number of fused-ring (bicyclic) bond motifs is 1. The summed E-state index contributed by atoms with van der Waals surface area (Å²) in [6.07, 6.45) is 0.782. The summed E-state index contributed by atoms with van der Waals surface area (Å²) in [5, 5.41) is 2.37. The number of hydrogen-bond acceptors (Lipinski definition) is 2. The van der Waals surface area contributed by atoms with Crippen LogP contribution in [0.3, 0.4) is 0 Å². The van der Waals surface area contributed by atoms with Crippen LogP contribution in [0.5, 0.6) is 5.75 Å². The second kappa shape index (κ2) is 5.02. The second-order valence-corrected chi connectivity index (χ2v) is 4.01. The lowest BCUT2D eigenvalue weighted by Gasteiger charge is -2.13. The van der Waals surface area contributed by atoms with Gasteiger partial charge in [0.1, 0.15) is 5.75 Å². The third-order valence-electron chi connectivity index (χ3n) is 2.91. The molecule has 0 saturated heterocycles. The van der Waals surface area contributed by atoms with E-state index in [1.807, 2.05) is 18.2 Å². The van der Waals surface area contributed by atoms with E-state index in [9.17, 15) is 0 Å². The zero-order chi connectivity index (χ0) is 12.3. The number of methoxy groups -OCH3 is 1. The van der Waals surface area contributed by atoms with Gasteiger partial charge in [-0.3, -0.25) is 0 Å². The van der Waals surface area contributed by atoms with E-state index in [1.54, 1.807) is 7.11 Å². The maximum absolute atomic E-state index is 5.60. The number of benzene rings is 2. The molecule has 2 rings (SSSR count). The molecule has 17 heavy (non-hydrogen) atoms. The lowest BCUT2D eigenvalue weighted by atomic mass is 9.96. The van der Waals surface area contributed by atoms with Crippen LogP contribution in [0.4, 0.5) is 0 Å². The number of ether oxygens (including phenoxy) is 1. The Morgan fingerprint density at radius 1 is 1.24 bits per heavy atom. The molecule has 0 unspecified atom stereocenters. The van der Waals surface area contributed by atoms with Crippen molar-refractivity contribution < 1.29 is 4.74 Å². The van der Waals surface area contributed by atoms with E-state index in [-0.39, 0.29) is 0 Å². The van der Waals surface area contributed by atoms with Crippen LogP contribution in [-0.2, 0) is 0 Å². The third-order valence-corrected chi connectivity index (χ3v) is 2.91. The standard InChI is InChI=1S/C15H17NO/c1-11(9-10-16)15-13-6-4-3-5-12(13)7-8-14(15)17-2/h3-8H,1,9-10,16H2,2H3. The third kappa shape index (κ3) is 2.17. The van der Waals surface area contributed by atoms with Crippen LogP contribution >= 0.6 is 0 Å². The van der Waals surface area contributed by atoms with Crippen molar-refractivity contribution in [3.63, 3.8) is 0 Å². The average molecular weight is 227 g/mol. The molecular formula is C15H17NO. The van der Waals surface area contributed by atoms with Gasteiger partial charge in [-0.1, -0.05) is 36.9 Å². The summed E-state index contributed by atoms with van der Waals surface area (Å²) in [4.78, 5) is 0. The first-order chi connectivity index (χ1) is 8.27. The Morgan fingerprint density at radius 3 is 2.71 bits per heavy atom. The zero-order valence-corrected chi connectivity index (χ0v) is 10.1. The van der Waals surface area contributed by atoms with Gasteiger partial charge in [0.15, 0.2) is 0 Å². The van der Waals surface area contributed by atoms with Crippen molar-refractivity contribution in [2.45, 2.75) is 6.42 Å². The van der Waals surface area contributed by atoms with Crippen molar-refractivity contribution in [3.8, 4) is 5.75 Å². The maximum Gasteiger partial charge on any atom is 0.126 e. The van der Waals surface area contributed by atoms with Crippen molar-refractivity contribution in [1.29, 1.82) is 0 Å². The van der Waals surface area contributed by atoms with Gasteiger partial charge in [-0.2, -0.15) is 0 Å². The van der Waals surface area contributed by atoms with Crippen LogP contribution in [0.2, 0.25) is 0 Å². The minimum absolute atomic E-state index is 0.602. The zero-order valence-electron chi connectivity index (χ0n) is 10.1. The summed E-state index contributed by atoms with van der Waals surface area (Å²) >= 11 is 0. The first-order valence-electron chi connectivity index (χ1n) is 5.72. The topological polar surface area (TPSA) is 35.2 Å². The molecule has 0 bridgehead atoms. The van der Waals surface area contributed by atoms with Gasteiger partial charge in [-0.25, -0.2) is 0 Å². The van der Waals surface area contributed by atoms with Crippen LogP contribution < -0.4 is 10.5 Å². The molecular weight excluding hydrogens is 210 g/mol. The van der Waals surface area contributed by atoms with Crippen molar-refractivity contribution in [3.05, 3.63) is 48.5 Å². The Morgan fingerprint density at radius 2 is 2.00 bits per heavy atom. The van der Waals surface area contributed by atoms with Crippen molar-refractivity contribution in [1.82, 2.24) is 0 Å². The highest BCUT2D eigenvalue weighted by atomic mass is 16.5. The van der Waals surface area contributed by atoms with E-state index >= 15 is 0 Å². The molecule has 0 spiro atoms.